The van der Waals surface area contributed by atoms with Crippen LogP contribution < -0.4 is 19.6 Å². The highest BCUT2D eigenvalue weighted by Gasteiger charge is 2.33. The van der Waals surface area contributed by atoms with Crippen LogP contribution in [0.5, 0.6) is 0 Å². The molecule has 0 radical (unpaired) electrons. The van der Waals surface area contributed by atoms with Gasteiger partial charge in [0.15, 0.2) is 23.3 Å². The summed E-state index contributed by atoms with van der Waals surface area (Å²) in [6, 6.07) is 50.0. The zero-order chi connectivity index (χ0) is 65.0. The highest BCUT2D eigenvalue weighted by atomic mass is 15.3. The van der Waals surface area contributed by atoms with Crippen molar-refractivity contribution in [2.45, 2.75) is 158 Å². The summed E-state index contributed by atoms with van der Waals surface area (Å²) in [5.74, 6) is 2.98. The maximum atomic E-state index is 5.31. The van der Waals surface area contributed by atoms with Crippen LogP contribution in [-0.4, -0.2) is 39.9 Å². The summed E-state index contributed by atoms with van der Waals surface area (Å²) in [5, 5.41) is 6.14. The van der Waals surface area contributed by atoms with E-state index in [1.807, 2.05) is 24.8 Å². The smallest absolute Gasteiger partial charge is 0.159 e. The second kappa shape index (κ2) is 24.5. The molecule has 12 rings (SSSR count). The molecule has 0 aliphatic rings. The molecule has 4 heterocycles. The van der Waals surface area contributed by atoms with E-state index in [2.05, 4.69) is 264 Å². The Kier molecular flexibility index (Phi) is 16.6. The summed E-state index contributed by atoms with van der Waals surface area (Å²) >= 11 is 0. The summed E-state index contributed by atoms with van der Waals surface area (Å²) in [6.45, 7) is 35.8. The molecular formula is C80H86N12. The van der Waals surface area contributed by atoms with Gasteiger partial charge in [-0.3, -0.25) is 39.5 Å². The number of hydrogen-bond donors (Lipinski definition) is 0. The number of nitrogens with zero attached hydrogens (tertiary/aromatic N) is 12. The summed E-state index contributed by atoms with van der Waals surface area (Å²) in [5.41, 5.74) is 15.5. The van der Waals surface area contributed by atoms with Crippen LogP contribution in [0.4, 0.5) is 68.8 Å². The maximum Gasteiger partial charge on any atom is 0.159 e. The SMILES string of the molecule is CCc1nccnc1N(c1ccc(C(C)(C)C)cc1)c1cc(N(c2ccc(C(C)(C)C)cc2)c2nccnc2CC)c2ccc3c(N(c4ccc(C(C)(C)C)cc4)c4nccnc4CC)cc(N(c4ccc(C(C)(C)C)cc4)c4nccnc4CC)c4ccc1c2c43. The number of aromatic nitrogens is 8. The van der Waals surface area contributed by atoms with E-state index in [-0.39, 0.29) is 21.7 Å². The van der Waals surface area contributed by atoms with E-state index in [1.54, 1.807) is 24.8 Å². The lowest BCUT2D eigenvalue weighted by Crippen LogP contribution is -2.20. The molecule has 0 aliphatic carbocycles. The van der Waals surface area contributed by atoms with Crippen molar-refractivity contribution in [1.82, 2.24) is 39.9 Å². The van der Waals surface area contributed by atoms with Gasteiger partial charge in [0.25, 0.3) is 0 Å². The van der Waals surface area contributed by atoms with Crippen LogP contribution in [-0.2, 0) is 47.3 Å². The number of hydrogen-bond acceptors (Lipinski definition) is 12. The average molecular weight is 1220 g/mol. The van der Waals surface area contributed by atoms with Crippen LogP contribution in [0.15, 0.2) is 183 Å². The van der Waals surface area contributed by atoms with Gasteiger partial charge in [-0.2, -0.15) is 0 Å². The van der Waals surface area contributed by atoms with Gasteiger partial charge in [0.2, 0.25) is 0 Å². The van der Waals surface area contributed by atoms with Crippen LogP contribution in [0.1, 0.15) is 156 Å². The molecule has 12 aromatic rings. The molecule has 92 heavy (non-hydrogen) atoms. The van der Waals surface area contributed by atoms with Crippen LogP contribution >= 0.6 is 0 Å². The molecule has 0 unspecified atom stereocenters. The van der Waals surface area contributed by atoms with Crippen molar-refractivity contribution in [2.24, 2.45) is 0 Å². The summed E-state index contributed by atoms with van der Waals surface area (Å²) in [7, 11) is 0. The normalized spacial score (nSPS) is 12.3. The Morgan fingerprint density at radius 1 is 0.250 bits per heavy atom. The van der Waals surface area contributed by atoms with Gasteiger partial charge in [-0.1, -0.05) is 184 Å². The molecule has 0 saturated heterocycles. The van der Waals surface area contributed by atoms with Gasteiger partial charge in [0.1, 0.15) is 0 Å². The lowest BCUT2D eigenvalue weighted by atomic mass is 9.86. The minimum atomic E-state index is -0.0890. The van der Waals surface area contributed by atoms with E-state index < -0.39 is 0 Å². The van der Waals surface area contributed by atoms with Crippen LogP contribution in [0.3, 0.4) is 0 Å². The van der Waals surface area contributed by atoms with Gasteiger partial charge >= 0.3 is 0 Å². The van der Waals surface area contributed by atoms with Gasteiger partial charge in [0, 0.05) is 105 Å². The molecule has 4 aromatic heterocycles. The Labute approximate surface area is 543 Å². The predicted octanol–water partition coefficient (Wildman–Crippen LogP) is 21.1. The molecule has 8 aromatic carbocycles. The minimum Gasteiger partial charge on any atom is -0.293 e. The highest BCUT2D eigenvalue weighted by molar-refractivity contribution is 6.33. The number of aryl methyl sites for hydroxylation is 4. The molecule has 466 valence electrons. The van der Waals surface area contributed by atoms with E-state index in [0.29, 0.717) is 25.7 Å². The van der Waals surface area contributed by atoms with E-state index >= 15 is 0 Å². The fraction of sp³-hybridized carbons (Fsp3) is 0.300. The molecule has 0 saturated carbocycles. The minimum absolute atomic E-state index is 0.0890. The van der Waals surface area contributed by atoms with Gasteiger partial charge in [0.05, 0.1) is 45.5 Å². The third-order valence-electron chi connectivity index (χ3n) is 17.9. The largest absolute Gasteiger partial charge is 0.293 e. The Morgan fingerprint density at radius 3 is 0.609 bits per heavy atom. The molecular weight excluding hydrogens is 1130 g/mol. The topological polar surface area (TPSA) is 116 Å². The van der Waals surface area contributed by atoms with Crippen molar-refractivity contribution in [3.8, 4) is 0 Å². The van der Waals surface area contributed by atoms with E-state index in [4.69, 9.17) is 39.9 Å². The van der Waals surface area contributed by atoms with Crippen molar-refractivity contribution in [1.29, 1.82) is 0 Å². The molecule has 0 aliphatic heterocycles. The van der Waals surface area contributed by atoms with Crippen molar-refractivity contribution in [2.75, 3.05) is 19.6 Å². The van der Waals surface area contributed by atoms with Crippen molar-refractivity contribution >= 4 is 101 Å². The standard InChI is InChI=1S/C80H86N12/c1-17-63-73(85-45-41-81-63)89(55-29-21-51(22-30-55)77(5,6)7)67-49-68(90(74-64(18-2)82-42-46-86-74)56-31-23-52(24-32-56)78(8,9)10)60-39-40-62-70(92(76-66(20-4)84-44-48-88-76)58-35-27-54(28-36-58)80(14,15)16)50-69(61-38-37-59(67)71(60)72(61)62)91(75-65(19-3)83-43-47-87-75)57-33-25-53(26-34-57)79(11,12)13/h21-50H,17-20H2,1-16H3. The molecule has 0 bridgehead atoms. The van der Waals surface area contributed by atoms with Crippen LogP contribution in [0.2, 0.25) is 0 Å². The summed E-state index contributed by atoms with van der Waals surface area (Å²) in [6.07, 6.45) is 17.1. The maximum absolute atomic E-state index is 5.31. The second-order valence-corrected chi connectivity index (χ2v) is 28.2. The zero-order valence-electron chi connectivity index (χ0n) is 56.5. The molecule has 12 heteroatoms. The first-order valence-electron chi connectivity index (χ1n) is 32.6. The number of anilines is 12. The molecule has 0 spiro atoms. The van der Waals surface area contributed by atoms with Crippen LogP contribution in [0, 0.1) is 0 Å². The molecule has 0 atom stereocenters. The predicted molar refractivity (Wildman–Crippen MR) is 384 cm³/mol. The number of rotatable bonds is 16. The van der Waals surface area contributed by atoms with Crippen molar-refractivity contribution in [3.63, 3.8) is 0 Å². The highest BCUT2D eigenvalue weighted by Crippen LogP contribution is 2.55. The zero-order valence-corrected chi connectivity index (χ0v) is 56.5. The Hall–Kier alpha value is -9.68. The van der Waals surface area contributed by atoms with E-state index in [9.17, 15) is 0 Å². The van der Waals surface area contributed by atoms with Gasteiger partial charge in [-0.05, 0) is 130 Å². The summed E-state index contributed by atoms with van der Waals surface area (Å²) in [4.78, 5) is 50.8. The fourth-order valence-corrected chi connectivity index (χ4v) is 12.8. The van der Waals surface area contributed by atoms with Gasteiger partial charge in [-0.15, -0.1) is 0 Å². The lowest BCUT2D eigenvalue weighted by molar-refractivity contribution is 0.590. The average Bonchev–Trinajstić information content (AvgIpc) is 0.700. The van der Waals surface area contributed by atoms with Crippen molar-refractivity contribution < 1.29 is 0 Å². The van der Waals surface area contributed by atoms with E-state index in [0.717, 1.165) is 124 Å². The molecule has 12 nitrogen and oxygen atoms in total. The van der Waals surface area contributed by atoms with Gasteiger partial charge < -0.3 is 0 Å². The fourth-order valence-electron chi connectivity index (χ4n) is 12.8. The van der Waals surface area contributed by atoms with E-state index in [1.165, 1.54) is 22.3 Å². The van der Waals surface area contributed by atoms with Gasteiger partial charge in [-0.25, -0.2) is 19.9 Å². The first-order valence-corrected chi connectivity index (χ1v) is 32.6. The number of benzene rings is 8. The first-order chi connectivity index (χ1) is 44.0. The molecule has 0 N–H and O–H groups in total. The molecule has 0 fully saturated rings. The monoisotopic (exact) mass is 1210 g/mol. The Balaban J connectivity index is 1.32. The quantitative estimate of drug-likeness (QED) is 0.0858. The summed E-state index contributed by atoms with van der Waals surface area (Å²) < 4.78 is 0. The first kappa shape index (κ1) is 62.5. The molecule has 0 amide bonds. The van der Waals surface area contributed by atoms with Crippen molar-refractivity contribution in [3.05, 3.63) is 228 Å². The lowest BCUT2D eigenvalue weighted by Gasteiger charge is -2.34. The van der Waals surface area contributed by atoms with Crippen LogP contribution in [0.25, 0.3) is 32.3 Å². The second-order valence-electron chi connectivity index (χ2n) is 28.2. The third-order valence-corrected chi connectivity index (χ3v) is 17.9. The Morgan fingerprint density at radius 2 is 0.435 bits per heavy atom. The Bertz CT molecular complexity index is 4030. The third kappa shape index (κ3) is 11.6.